The van der Waals surface area contributed by atoms with Crippen LogP contribution in [0.25, 0.3) is 0 Å². The molecule has 8 heteroatoms. The van der Waals surface area contributed by atoms with Crippen LogP contribution < -0.4 is 15.5 Å². The Morgan fingerprint density at radius 2 is 2.00 bits per heavy atom. The summed E-state index contributed by atoms with van der Waals surface area (Å²) in [7, 11) is 0. The number of hydrogen-bond donors (Lipinski definition) is 2. The van der Waals surface area contributed by atoms with E-state index in [-0.39, 0.29) is 5.92 Å². The molecule has 0 saturated heterocycles. The summed E-state index contributed by atoms with van der Waals surface area (Å²) in [6.07, 6.45) is 3.17. The fraction of sp³-hybridized carbons (Fsp3) is 0.227. The van der Waals surface area contributed by atoms with E-state index in [1.54, 1.807) is 42.5 Å². The Labute approximate surface area is 189 Å². The Kier molecular flexibility index (Phi) is 9.08. The molecular weight excluding hydrogens is 470 g/mol. The maximum absolute atomic E-state index is 12.6. The number of rotatable bonds is 9. The third-order valence-electron chi connectivity index (χ3n) is 4.06. The van der Waals surface area contributed by atoms with E-state index < -0.39 is 17.9 Å². The van der Waals surface area contributed by atoms with Gasteiger partial charge in [-0.2, -0.15) is 5.10 Å². The summed E-state index contributed by atoms with van der Waals surface area (Å²) < 4.78 is 6.25. The maximum atomic E-state index is 12.6. The molecule has 0 aromatic heterocycles. The second-order valence-electron chi connectivity index (χ2n) is 6.70. The van der Waals surface area contributed by atoms with Crippen LogP contribution in [0.15, 0.2) is 64.7 Å². The van der Waals surface area contributed by atoms with Gasteiger partial charge < -0.3 is 10.1 Å². The van der Waals surface area contributed by atoms with Crippen molar-refractivity contribution in [2.45, 2.75) is 19.9 Å². The van der Waals surface area contributed by atoms with Crippen molar-refractivity contribution in [3.63, 3.8) is 0 Å². The molecule has 158 valence electrons. The van der Waals surface area contributed by atoms with Gasteiger partial charge in [-0.05, 0) is 57.7 Å². The first-order chi connectivity index (χ1) is 14.3. The number of nitrogens with one attached hydrogen (secondary N) is 2. The number of hydrazone groups is 1. The molecule has 0 heterocycles. The van der Waals surface area contributed by atoms with Gasteiger partial charge in [-0.1, -0.05) is 50.2 Å². The molecule has 0 saturated carbocycles. The summed E-state index contributed by atoms with van der Waals surface area (Å²) >= 11 is 9.49. The van der Waals surface area contributed by atoms with Crippen LogP contribution in [0.4, 0.5) is 0 Å². The predicted octanol–water partition coefficient (Wildman–Crippen LogP) is 4.57. The SMILES string of the molecule is C=CCOc1ccc(C=NNC(=O)C(NC(=O)c2ccccc2Cl)C(C)C)cc1Br. The molecule has 2 aromatic rings. The van der Waals surface area contributed by atoms with E-state index in [0.29, 0.717) is 22.9 Å². The first kappa shape index (κ1) is 23.6. The standard InChI is InChI=1S/C22H23BrClN3O3/c1-4-11-30-19-10-9-15(12-17(19)23)13-25-27-22(29)20(14(2)3)26-21(28)16-7-5-6-8-18(16)24/h4-10,12-14,20H,1,11H2,2-3H3,(H,26,28)(H,27,29). The van der Waals surface area contributed by atoms with Gasteiger partial charge in [0.05, 0.1) is 21.3 Å². The molecule has 2 N–H and O–H groups in total. The lowest BCUT2D eigenvalue weighted by atomic mass is 10.0. The van der Waals surface area contributed by atoms with Crippen molar-refractivity contribution in [2.24, 2.45) is 11.0 Å². The summed E-state index contributed by atoms with van der Waals surface area (Å²) in [5, 5.41) is 7.03. The number of hydrogen-bond acceptors (Lipinski definition) is 4. The summed E-state index contributed by atoms with van der Waals surface area (Å²) in [6.45, 7) is 7.68. The summed E-state index contributed by atoms with van der Waals surface area (Å²) in [6, 6.07) is 11.3. The second-order valence-corrected chi connectivity index (χ2v) is 7.96. The third kappa shape index (κ3) is 6.71. The Morgan fingerprint density at radius 1 is 1.27 bits per heavy atom. The van der Waals surface area contributed by atoms with Gasteiger partial charge in [0.25, 0.3) is 11.8 Å². The van der Waals surface area contributed by atoms with Gasteiger partial charge in [0.2, 0.25) is 0 Å². The lowest BCUT2D eigenvalue weighted by Crippen LogP contribution is -2.48. The van der Waals surface area contributed by atoms with Gasteiger partial charge in [-0.15, -0.1) is 0 Å². The molecule has 2 amide bonds. The Balaban J connectivity index is 2.01. The van der Waals surface area contributed by atoms with Gasteiger partial charge in [0, 0.05) is 0 Å². The molecule has 0 fully saturated rings. The highest BCUT2D eigenvalue weighted by molar-refractivity contribution is 9.10. The predicted molar refractivity (Wildman–Crippen MR) is 123 cm³/mol. The molecule has 0 aliphatic carbocycles. The number of nitrogens with zero attached hydrogens (tertiary/aromatic N) is 1. The van der Waals surface area contributed by atoms with Crippen LogP contribution in [-0.2, 0) is 4.79 Å². The van der Waals surface area contributed by atoms with E-state index in [4.69, 9.17) is 16.3 Å². The van der Waals surface area contributed by atoms with Crippen molar-refractivity contribution in [1.82, 2.24) is 10.7 Å². The summed E-state index contributed by atoms with van der Waals surface area (Å²) in [4.78, 5) is 25.0. The van der Waals surface area contributed by atoms with Crippen LogP contribution in [0.3, 0.4) is 0 Å². The van der Waals surface area contributed by atoms with Crippen molar-refractivity contribution in [1.29, 1.82) is 0 Å². The molecule has 0 aliphatic heterocycles. The van der Waals surface area contributed by atoms with Crippen molar-refractivity contribution < 1.29 is 14.3 Å². The zero-order valence-corrected chi connectivity index (χ0v) is 19.0. The zero-order chi connectivity index (χ0) is 22.1. The van der Waals surface area contributed by atoms with Crippen LogP contribution in [-0.4, -0.2) is 30.7 Å². The minimum absolute atomic E-state index is 0.151. The molecule has 1 unspecified atom stereocenters. The zero-order valence-electron chi connectivity index (χ0n) is 16.7. The molecule has 0 bridgehead atoms. The molecule has 2 aromatic carbocycles. The normalized spacial score (nSPS) is 11.9. The van der Waals surface area contributed by atoms with E-state index in [1.165, 1.54) is 6.21 Å². The minimum atomic E-state index is -0.771. The van der Waals surface area contributed by atoms with Gasteiger partial charge >= 0.3 is 0 Å². The Hall–Kier alpha value is -2.64. The average Bonchev–Trinajstić information content (AvgIpc) is 2.71. The Bertz CT molecular complexity index is 947. The van der Waals surface area contributed by atoms with Crippen molar-refractivity contribution in [2.75, 3.05) is 6.61 Å². The molecule has 6 nitrogen and oxygen atoms in total. The largest absolute Gasteiger partial charge is 0.488 e. The summed E-state index contributed by atoms with van der Waals surface area (Å²) in [5.74, 6) is -0.315. The van der Waals surface area contributed by atoms with Crippen LogP contribution in [0, 0.1) is 5.92 Å². The summed E-state index contributed by atoms with van der Waals surface area (Å²) in [5.41, 5.74) is 3.54. The highest BCUT2D eigenvalue weighted by Gasteiger charge is 2.25. The van der Waals surface area contributed by atoms with Crippen LogP contribution in [0.5, 0.6) is 5.75 Å². The lowest BCUT2D eigenvalue weighted by Gasteiger charge is -2.20. The minimum Gasteiger partial charge on any atom is -0.488 e. The van der Waals surface area contributed by atoms with Crippen LogP contribution in [0.2, 0.25) is 5.02 Å². The molecule has 2 rings (SSSR count). The lowest BCUT2D eigenvalue weighted by molar-refractivity contribution is -0.123. The van der Waals surface area contributed by atoms with Gasteiger partial charge in [0.15, 0.2) is 0 Å². The van der Waals surface area contributed by atoms with Gasteiger partial charge in [-0.3, -0.25) is 9.59 Å². The molecule has 30 heavy (non-hydrogen) atoms. The highest BCUT2D eigenvalue weighted by atomic mass is 79.9. The van der Waals surface area contributed by atoms with Gasteiger partial charge in [-0.25, -0.2) is 5.43 Å². The van der Waals surface area contributed by atoms with Crippen molar-refractivity contribution in [3.05, 3.63) is 75.7 Å². The van der Waals surface area contributed by atoms with E-state index in [1.807, 2.05) is 19.9 Å². The van der Waals surface area contributed by atoms with Crippen LogP contribution in [0.1, 0.15) is 29.8 Å². The number of ether oxygens (including phenoxy) is 1. The monoisotopic (exact) mass is 491 g/mol. The third-order valence-corrected chi connectivity index (χ3v) is 5.00. The number of amides is 2. The quantitative estimate of drug-likeness (QED) is 0.306. The molecule has 1 atom stereocenters. The molecule has 0 radical (unpaired) electrons. The van der Waals surface area contributed by atoms with E-state index in [2.05, 4.69) is 38.4 Å². The van der Waals surface area contributed by atoms with E-state index in [9.17, 15) is 9.59 Å². The average molecular weight is 493 g/mol. The maximum Gasteiger partial charge on any atom is 0.262 e. The number of carbonyl (C=O) groups excluding carboxylic acids is 2. The molecular formula is C22H23BrClN3O3. The van der Waals surface area contributed by atoms with Crippen LogP contribution >= 0.6 is 27.5 Å². The number of halogens is 2. The Morgan fingerprint density at radius 3 is 2.63 bits per heavy atom. The van der Waals surface area contributed by atoms with Gasteiger partial charge in [0.1, 0.15) is 18.4 Å². The second kappa shape index (κ2) is 11.5. The first-order valence-electron chi connectivity index (χ1n) is 9.25. The number of carbonyl (C=O) groups is 2. The molecule has 0 aliphatic rings. The number of benzene rings is 2. The smallest absolute Gasteiger partial charge is 0.262 e. The van der Waals surface area contributed by atoms with Crippen molar-refractivity contribution >= 4 is 45.6 Å². The van der Waals surface area contributed by atoms with E-state index >= 15 is 0 Å². The fourth-order valence-corrected chi connectivity index (χ4v) is 3.23. The van der Waals surface area contributed by atoms with E-state index in [0.717, 1.165) is 10.0 Å². The topological polar surface area (TPSA) is 79.8 Å². The fourth-order valence-electron chi connectivity index (χ4n) is 2.50. The molecule has 0 spiro atoms. The van der Waals surface area contributed by atoms with Crippen molar-refractivity contribution in [3.8, 4) is 5.75 Å². The highest BCUT2D eigenvalue weighted by Crippen LogP contribution is 2.25. The first-order valence-corrected chi connectivity index (χ1v) is 10.4.